The molecule has 1 aromatic carbocycles. The number of carbonyl (C=O) groups excluding carboxylic acids is 2. The van der Waals surface area contributed by atoms with E-state index < -0.39 is 5.54 Å². The molecule has 0 saturated heterocycles. The molecule has 132 valence electrons. The van der Waals surface area contributed by atoms with E-state index in [1.54, 1.807) is 6.92 Å². The molecule has 3 rings (SSSR count). The Bertz CT molecular complexity index is 787. The molecule has 2 aliphatic carbocycles. The molecule has 2 atom stereocenters. The van der Waals surface area contributed by atoms with Gasteiger partial charge in [-0.15, -0.1) is 0 Å². The number of allylic oxidation sites excluding steroid dienone is 2. The summed E-state index contributed by atoms with van der Waals surface area (Å²) in [6.45, 7) is 7.71. The minimum atomic E-state index is -0.558. The Kier molecular flexibility index (Phi) is 4.68. The van der Waals surface area contributed by atoms with Crippen LogP contribution in [0.3, 0.4) is 0 Å². The van der Waals surface area contributed by atoms with Gasteiger partial charge in [0.1, 0.15) is 0 Å². The molecule has 1 amide bonds. The Hall–Kier alpha value is -2.16. The molecule has 3 nitrogen and oxygen atoms in total. The smallest absolute Gasteiger partial charge is 0.225 e. The van der Waals surface area contributed by atoms with Crippen LogP contribution in [0.15, 0.2) is 35.4 Å². The van der Waals surface area contributed by atoms with Crippen LogP contribution in [-0.4, -0.2) is 17.2 Å². The van der Waals surface area contributed by atoms with Crippen LogP contribution in [-0.2, 0) is 22.4 Å². The molecule has 3 heteroatoms. The van der Waals surface area contributed by atoms with Crippen molar-refractivity contribution in [3.8, 4) is 0 Å². The zero-order valence-corrected chi connectivity index (χ0v) is 15.6. The molecule has 1 aromatic rings. The van der Waals surface area contributed by atoms with Gasteiger partial charge in [0.05, 0.1) is 12.0 Å². The summed E-state index contributed by atoms with van der Waals surface area (Å²) in [7, 11) is 0. The highest BCUT2D eigenvalue weighted by atomic mass is 16.2. The van der Waals surface area contributed by atoms with Crippen molar-refractivity contribution in [1.82, 2.24) is 5.32 Å². The van der Waals surface area contributed by atoms with Crippen LogP contribution < -0.4 is 5.32 Å². The van der Waals surface area contributed by atoms with Crippen molar-refractivity contribution in [2.45, 2.75) is 58.9 Å². The monoisotopic (exact) mass is 337 g/mol. The van der Waals surface area contributed by atoms with E-state index >= 15 is 0 Å². The number of nitrogens with one attached hydrogen (secondary N) is 1. The first-order valence-electron chi connectivity index (χ1n) is 9.12. The molecule has 0 aromatic heterocycles. The molecule has 25 heavy (non-hydrogen) atoms. The zero-order valence-electron chi connectivity index (χ0n) is 15.6. The number of aryl methyl sites for hydroxylation is 1. The molecule has 0 radical (unpaired) electrons. The van der Waals surface area contributed by atoms with Gasteiger partial charge in [-0.05, 0) is 62.6 Å². The van der Waals surface area contributed by atoms with Gasteiger partial charge in [0, 0.05) is 5.57 Å². The Morgan fingerprint density at radius 2 is 2.08 bits per heavy atom. The Morgan fingerprint density at radius 1 is 1.32 bits per heavy atom. The van der Waals surface area contributed by atoms with E-state index in [0.717, 1.165) is 36.0 Å². The number of amides is 1. The third-order valence-electron chi connectivity index (χ3n) is 5.67. The Balaban J connectivity index is 1.80. The van der Waals surface area contributed by atoms with Crippen molar-refractivity contribution in [2.24, 2.45) is 5.92 Å². The lowest BCUT2D eigenvalue weighted by Crippen LogP contribution is -2.48. The van der Waals surface area contributed by atoms with Gasteiger partial charge < -0.3 is 5.32 Å². The van der Waals surface area contributed by atoms with E-state index in [4.69, 9.17) is 0 Å². The highest BCUT2D eigenvalue weighted by Crippen LogP contribution is 2.40. The molecule has 2 aliphatic rings. The second kappa shape index (κ2) is 6.62. The lowest BCUT2D eigenvalue weighted by Gasteiger charge is -2.29. The largest absolute Gasteiger partial charge is 0.346 e. The number of carbonyl (C=O) groups is 2. The Labute approximate surface area is 150 Å². The molecular formula is C22H27NO2. The van der Waals surface area contributed by atoms with Crippen LogP contribution in [0.5, 0.6) is 0 Å². The van der Waals surface area contributed by atoms with Gasteiger partial charge in [-0.2, -0.15) is 0 Å². The van der Waals surface area contributed by atoms with E-state index in [0.29, 0.717) is 12.3 Å². The minimum Gasteiger partial charge on any atom is -0.346 e. The summed E-state index contributed by atoms with van der Waals surface area (Å²) >= 11 is 0. The fourth-order valence-electron chi connectivity index (χ4n) is 4.55. The number of hydrogen-bond acceptors (Lipinski definition) is 2. The molecule has 0 spiro atoms. The fourth-order valence-corrected chi connectivity index (χ4v) is 4.55. The molecule has 0 saturated carbocycles. The SMILES string of the molecule is CC(=O)C1=C(C)C(C)CC1(C)NC(=O)Cc1cccc2c1C=CCC2. The number of benzene rings is 1. The van der Waals surface area contributed by atoms with Crippen molar-refractivity contribution in [2.75, 3.05) is 0 Å². The van der Waals surface area contributed by atoms with Crippen LogP contribution in [0.1, 0.15) is 57.2 Å². The molecule has 0 fully saturated rings. The summed E-state index contributed by atoms with van der Waals surface area (Å²) in [4.78, 5) is 24.9. The van der Waals surface area contributed by atoms with E-state index in [1.165, 1.54) is 11.1 Å². The van der Waals surface area contributed by atoms with Crippen molar-refractivity contribution in [3.63, 3.8) is 0 Å². The number of ketones is 1. The summed E-state index contributed by atoms with van der Waals surface area (Å²) in [6.07, 6.45) is 7.53. The summed E-state index contributed by atoms with van der Waals surface area (Å²) in [5.74, 6) is 0.358. The van der Waals surface area contributed by atoms with Crippen molar-refractivity contribution in [3.05, 3.63) is 52.1 Å². The van der Waals surface area contributed by atoms with Gasteiger partial charge in [0.25, 0.3) is 0 Å². The normalized spacial score (nSPS) is 25.0. The highest BCUT2D eigenvalue weighted by Gasteiger charge is 2.42. The fraction of sp³-hybridized carbons (Fsp3) is 0.455. The Morgan fingerprint density at radius 3 is 2.80 bits per heavy atom. The maximum absolute atomic E-state index is 12.8. The minimum absolute atomic E-state index is 0.0180. The van der Waals surface area contributed by atoms with E-state index in [2.05, 4.69) is 30.5 Å². The van der Waals surface area contributed by atoms with Gasteiger partial charge in [-0.25, -0.2) is 0 Å². The highest BCUT2D eigenvalue weighted by molar-refractivity contribution is 5.98. The zero-order chi connectivity index (χ0) is 18.2. The standard InChI is InChI=1S/C22H27NO2/c1-14-13-22(4,21(15(14)2)16(3)24)23-20(25)12-18-10-7-9-17-8-5-6-11-19(17)18/h6-7,9-11,14H,5,8,12-13H2,1-4H3,(H,23,25). The number of hydrogen-bond donors (Lipinski definition) is 1. The summed E-state index contributed by atoms with van der Waals surface area (Å²) in [6, 6.07) is 6.20. The molecule has 0 heterocycles. The number of Topliss-reactive ketones (excluding diaryl/α,β-unsaturated/α-hetero) is 1. The van der Waals surface area contributed by atoms with Crippen LogP contribution in [0.2, 0.25) is 0 Å². The predicted octanol–water partition coefficient (Wildman–Crippen LogP) is 4.01. The summed E-state index contributed by atoms with van der Waals surface area (Å²) in [5.41, 5.74) is 4.89. The lowest BCUT2D eigenvalue weighted by atomic mass is 9.88. The molecule has 2 unspecified atom stereocenters. The van der Waals surface area contributed by atoms with Gasteiger partial charge in [0.15, 0.2) is 5.78 Å². The van der Waals surface area contributed by atoms with Crippen LogP contribution in [0.25, 0.3) is 6.08 Å². The topological polar surface area (TPSA) is 46.2 Å². The third-order valence-corrected chi connectivity index (χ3v) is 5.67. The van der Waals surface area contributed by atoms with Gasteiger partial charge in [0.2, 0.25) is 5.91 Å². The second-order valence-corrected chi connectivity index (χ2v) is 7.71. The molecule has 0 aliphatic heterocycles. The first-order chi connectivity index (χ1) is 11.8. The summed E-state index contributed by atoms with van der Waals surface area (Å²) in [5, 5.41) is 3.16. The van der Waals surface area contributed by atoms with Crippen LogP contribution >= 0.6 is 0 Å². The van der Waals surface area contributed by atoms with Gasteiger partial charge in [-0.3, -0.25) is 9.59 Å². The predicted molar refractivity (Wildman–Crippen MR) is 101 cm³/mol. The average Bonchev–Trinajstić information content (AvgIpc) is 2.76. The maximum Gasteiger partial charge on any atom is 0.225 e. The lowest BCUT2D eigenvalue weighted by molar-refractivity contribution is -0.122. The second-order valence-electron chi connectivity index (χ2n) is 7.71. The molecule has 1 N–H and O–H groups in total. The summed E-state index contributed by atoms with van der Waals surface area (Å²) < 4.78 is 0. The number of rotatable bonds is 4. The first-order valence-corrected chi connectivity index (χ1v) is 9.12. The van der Waals surface area contributed by atoms with E-state index in [9.17, 15) is 9.59 Å². The third kappa shape index (κ3) is 3.33. The van der Waals surface area contributed by atoms with E-state index in [1.807, 2.05) is 26.0 Å². The van der Waals surface area contributed by atoms with Crippen molar-refractivity contribution in [1.29, 1.82) is 0 Å². The number of fused-ring (bicyclic) bond motifs is 1. The molecule has 0 bridgehead atoms. The van der Waals surface area contributed by atoms with Crippen LogP contribution in [0.4, 0.5) is 0 Å². The van der Waals surface area contributed by atoms with Crippen molar-refractivity contribution >= 4 is 17.8 Å². The van der Waals surface area contributed by atoms with Gasteiger partial charge in [-0.1, -0.05) is 42.8 Å². The van der Waals surface area contributed by atoms with E-state index in [-0.39, 0.29) is 11.7 Å². The quantitative estimate of drug-likeness (QED) is 0.902. The first kappa shape index (κ1) is 17.7. The average molecular weight is 337 g/mol. The van der Waals surface area contributed by atoms with Crippen molar-refractivity contribution < 1.29 is 9.59 Å². The van der Waals surface area contributed by atoms with Crippen LogP contribution in [0, 0.1) is 5.92 Å². The maximum atomic E-state index is 12.8. The van der Waals surface area contributed by atoms with Gasteiger partial charge >= 0.3 is 0 Å². The molecular weight excluding hydrogens is 310 g/mol.